The van der Waals surface area contributed by atoms with Crippen LogP contribution < -0.4 is 10.1 Å². The van der Waals surface area contributed by atoms with Gasteiger partial charge < -0.3 is 20.1 Å². The Bertz CT molecular complexity index is 383. The van der Waals surface area contributed by atoms with Crippen LogP contribution in [0.5, 0.6) is 5.75 Å². The first kappa shape index (κ1) is 12.2. The van der Waals surface area contributed by atoms with Gasteiger partial charge in [0.1, 0.15) is 5.75 Å². The van der Waals surface area contributed by atoms with Gasteiger partial charge in [0.2, 0.25) is 0 Å². The third kappa shape index (κ3) is 2.70. The summed E-state index contributed by atoms with van der Waals surface area (Å²) < 4.78 is 5.19. The molecule has 0 spiro atoms. The standard InChI is InChI=1S/C13H20N2O2/c1-15-7-6-13(9-15,10-16)14-11-4-3-5-12(8-11)17-2/h3-5,8,14,16H,6-7,9-10H2,1-2H3. The van der Waals surface area contributed by atoms with Crippen molar-refractivity contribution in [2.45, 2.75) is 12.0 Å². The van der Waals surface area contributed by atoms with E-state index < -0.39 is 0 Å². The first-order valence-corrected chi connectivity index (χ1v) is 5.89. The molecule has 0 aromatic heterocycles. The topological polar surface area (TPSA) is 44.7 Å². The number of rotatable bonds is 4. The highest BCUT2D eigenvalue weighted by Gasteiger charge is 2.35. The van der Waals surface area contributed by atoms with Crippen LogP contribution in [0.1, 0.15) is 6.42 Å². The van der Waals surface area contributed by atoms with Gasteiger partial charge in [-0.3, -0.25) is 0 Å². The maximum Gasteiger partial charge on any atom is 0.120 e. The number of ether oxygens (including phenoxy) is 1. The zero-order valence-corrected chi connectivity index (χ0v) is 10.4. The second-order valence-corrected chi connectivity index (χ2v) is 4.78. The third-order valence-corrected chi connectivity index (χ3v) is 3.33. The van der Waals surface area contributed by atoms with Crippen molar-refractivity contribution >= 4 is 5.69 Å². The van der Waals surface area contributed by atoms with Crippen molar-refractivity contribution in [3.8, 4) is 5.75 Å². The Kier molecular flexibility index (Phi) is 3.54. The van der Waals surface area contributed by atoms with Crippen LogP contribution in [0.15, 0.2) is 24.3 Å². The summed E-state index contributed by atoms with van der Waals surface area (Å²) in [6, 6.07) is 7.82. The van der Waals surface area contributed by atoms with Gasteiger partial charge >= 0.3 is 0 Å². The second kappa shape index (κ2) is 4.94. The van der Waals surface area contributed by atoms with E-state index in [2.05, 4.69) is 17.3 Å². The lowest BCUT2D eigenvalue weighted by molar-refractivity contribution is 0.212. The molecular formula is C13H20N2O2. The molecule has 0 amide bonds. The maximum atomic E-state index is 9.60. The first-order chi connectivity index (χ1) is 8.17. The number of likely N-dealkylation sites (tertiary alicyclic amines) is 1. The van der Waals surface area contributed by atoms with Gasteiger partial charge in [0, 0.05) is 24.8 Å². The zero-order chi connectivity index (χ0) is 12.3. The number of benzene rings is 1. The van der Waals surface area contributed by atoms with Crippen LogP contribution in [-0.2, 0) is 0 Å². The summed E-state index contributed by atoms with van der Waals surface area (Å²) in [4.78, 5) is 2.23. The highest BCUT2D eigenvalue weighted by molar-refractivity contribution is 5.50. The highest BCUT2D eigenvalue weighted by Crippen LogP contribution is 2.26. The van der Waals surface area contributed by atoms with E-state index in [0.29, 0.717) is 0 Å². The minimum Gasteiger partial charge on any atom is -0.497 e. The average molecular weight is 236 g/mol. The van der Waals surface area contributed by atoms with Crippen LogP contribution in [0.4, 0.5) is 5.69 Å². The lowest BCUT2D eigenvalue weighted by Gasteiger charge is -2.29. The van der Waals surface area contributed by atoms with E-state index in [1.165, 1.54) is 0 Å². The summed E-state index contributed by atoms with van der Waals surface area (Å²) in [5, 5.41) is 13.0. The number of hydrogen-bond donors (Lipinski definition) is 2. The molecule has 1 saturated heterocycles. The molecule has 0 bridgehead atoms. The second-order valence-electron chi connectivity index (χ2n) is 4.78. The quantitative estimate of drug-likeness (QED) is 0.824. The number of aliphatic hydroxyl groups is 1. The molecule has 0 saturated carbocycles. The molecular weight excluding hydrogens is 216 g/mol. The van der Waals surface area contributed by atoms with Gasteiger partial charge in [0.25, 0.3) is 0 Å². The lowest BCUT2D eigenvalue weighted by Crippen LogP contribution is -2.44. The molecule has 4 nitrogen and oxygen atoms in total. The Morgan fingerprint density at radius 3 is 2.94 bits per heavy atom. The van der Waals surface area contributed by atoms with Crippen molar-refractivity contribution in [2.75, 3.05) is 39.2 Å². The molecule has 1 aromatic rings. The lowest BCUT2D eigenvalue weighted by atomic mass is 9.99. The van der Waals surface area contributed by atoms with Crippen LogP contribution in [0, 0.1) is 0 Å². The van der Waals surface area contributed by atoms with Crippen molar-refractivity contribution < 1.29 is 9.84 Å². The van der Waals surface area contributed by atoms with Crippen LogP contribution in [-0.4, -0.2) is 49.4 Å². The Labute approximate surface area is 102 Å². The SMILES string of the molecule is COc1cccc(NC2(CO)CCN(C)C2)c1. The summed E-state index contributed by atoms with van der Waals surface area (Å²) >= 11 is 0. The zero-order valence-electron chi connectivity index (χ0n) is 10.4. The molecule has 1 heterocycles. The number of likely N-dealkylation sites (N-methyl/N-ethyl adjacent to an activating group) is 1. The molecule has 1 unspecified atom stereocenters. The van der Waals surface area contributed by atoms with Gasteiger partial charge in [-0.15, -0.1) is 0 Å². The van der Waals surface area contributed by atoms with Gasteiger partial charge in [-0.1, -0.05) is 6.07 Å². The average Bonchev–Trinajstić information content (AvgIpc) is 2.72. The van der Waals surface area contributed by atoms with Gasteiger partial charge in [-0.2, -0.15) is 0 Å². The number of aliphatic hydroxyl groups excluding tert-OH is 1. The molecule has 2 N–H and O–H groups in total. The van der Waals surface area contributed by atoms with Crippen LogP contribution >= 0.6 is 0 Å². The minimum atomic E-state index is -0.221. The molecule has 1 fully saturated rings. The van der Waals surface area contributed by atoms with Gasteiger partial charge in [0.05, 0.1) is 19.3 Å². The van der Waals surface area contributed by atoms with Gasteiger partial charge in [-0.05, 0) is 25.6 Å². The number of anilines is 1. The smallest absolute Gasteiger partial charge is 0.120 e. The summed E-state index contributed by atoms with van der Waals surface area (Å²) in [7, 11) is 3.73. The van der Waals surface area contributed by atoms with Crippen molar-refractivity contribution in [1.29, 1.82) is 0 Å². The molecule has 0 radical (unpaired) electrons. The highest BCUT2D eigenvalue weighted by atomic mass is 16.5. The van der Waals surface area contributed by atoms with E-state index in [-0.39, 0.29) is 12.1 Å². The fraction of sp³-hybridized carbons (Fsp3) is 0.538. The molecule has 2 rings (SSSR count). The van der Waals surface area contributed by atoms with Crippen molar-refractivity contribution in [1.82, 2.24) is 4.90 Å². The van der Waals surface area contributed by atoms with Crippen LogP contribution in [0.25, 0.3) is 0 Å². The van der Waals surface area contributed by atoms with E-state index in [9.17, 15) is 5.11 Å². The summed E-state index contributed by atoms with van der Waals surface area (Å²) in [6.45, 7) is 2.02. The molecule has 0 aliphatic carbocycles. The number of nitrogens with one attached hydrogen (secondary N) is 1. The summed E-state index contributed by atoms with van der Waals surface area (Å²) in [6.07, 6.45) is 0.956. The molecule has 17 heavy (non-hydrogen) atoms. The summed E-state index contributed by atoms with van der Waals surface area (Å²) in [5.74, 6) is 0.828. The van der Waals surface area contributed by atoms with Crippen molar-refractivity contribution in [3.05, 3.63) is 24.3 Å². The fourth-order valence-electron chi connectivity index (χ4n) is 2.36. The summed E-state index contributed by atoms with van der Waals surface area (Å²) in [5.41, 5.74) is 0.773. The largest absolute Gasteiger partial charge is 0.497 e. The third-order valence-electron chi connectivity index (χ3n) is 3.33. The van der Waals surface area contributed by atoms with E-state index >= 15 is 0 Å². The Hall–Kier alpha value is -1.26. The fourth-order valence-corrected chi connectivity index (χ4v) is 2.36. The monoisotopic (exact) mass is 236 g/mol. The Morgan fingerprint density at radius 1 is 1.53 bits per heavy atom. The predicted molar refractivity (Wildman–Crippen MR) is 68.5 cm³/mol. The number of nitrogens with zero attached hydrogens (tertiary/aromatic N) is 1. The van der Waals surface area contributed by atoms with E-state index in [1.807, 2.05) is 24.3 Å². The minimum absolute atomic E-state index is 0.147. The van der Waals surface area contributed by atoms with E-state index in [0.717, 1.165) is 30.9 Å². The molecule has 4 heteroatoms. The predicted octanol–water partition coefficient (Wildman–Crippen LogP) is 1.17. The molecule has 1 aliphatic rings. The van der Waals surface area contributed by atoms with E-state index in [1.54, 1.807) is 7.11 Å². The van der Waals surface area contributed by atoms with Crippen LogP contribution in [0.3, 0.4) is 0 Å². The molecule has 1 aliphatic heterocycles. The molecule has 1 atom stereocenters. The van der Waals surface area contributed by atoms with Crippen molar-refractivity contribution in [2.24, 2.45) is 0 Å². The molecule has 1 aromatic carbocycles. The van der Waals surface area contributed by atoms with Gasteiger partial charge in [-0.25, -0.2) is 0 Å². The van der Waals surface area contributed by atoms with E-state index in [4.69, 9.17) is 4.74 Å². The maximum absolute atomic E-state index is 9.60. The Morgan fingerprint density at radius 2 is 2.35 bits per heavy atom. The Balaban J connectivity index is 2.12. The normalized spacial score (nSPS) is 24.9. The first-order valence-electron chi connectivity index (χ1n) is 5.89. The van der Waals surface area contributed by atoms with Crippen LogP contribution in [0.2, 0.25) is 0 Å². The van der Waals surface area contributed by atoms with Gasteiger partial charge in [0.15, 0.2) is 0 Å². The number of methoxy groups -OCH3 is 1. The number of hydrogen-bond acceptors (Lipinski definition) is 4. The molecule has 94 valence electrons. The van der Waals surface area contributed by atoms with Crippen molar-refractivity contribution in [3.63, 3.8) is 0 Å².